The van der Waals surface area contributed by atoms with Gasteiger partial charge in [0.2, 0.25) is 6.10 Å². The third-order valence-electron chi connectivity index (χ3n) is 4.11. The SMILES string of the molecule is CNC(=O)NC(=O)[C@@H](OC(=O)CCSc1ccc(C)c(C)c1)c1ccccc1. The van der Waals surface area contributed by atoms with Gasteiger partial charge in [-0.2, -0.15) is 0 Å². The van der Waals surface area contributed by atoms with Crippen LogP contribution in [0.15, 0.2) is 53.4 Å². The van der Waals surface area contributed by atoms with Crippen LogP contribution in [-0.4, -0.2) is 30.7 Å². The van der Waals surface area contributed by atoms with Gasteiger partial charge in [0.05, 0.1) is 6.42 Å². The zero-order valence-corrected chi connectivity index (χ0v) is 17.0. The van der Waals surface area contributed by atoms with E-state index in [9.17, 15) is 14.4 Å². The molecule has 0 saturated heterocycles. The van der Waals surface area contributed by atoms with Crippen molar-refractivity contribution in [3.8, 4) is 0 Å². The number of aryl methyl sites for hydroxylation is 2. The molecule has 0 bridgehead atoms. The Balaban J connectivity index is 1.96. The second kappa shape index (κ2) is 10.5. The quantitative estimate of drug-likeness (QED) is 0.549. The van der Waals surface area contributed by atoms with Crippen LogP contribution in [0.2, 0.25) is 0 Å². The molecule has 0 aliphatic rings. The van der Waals surface area contributed by atoms with Gasteiger partial charge in [-0.3, -0.25) is 14.9 Å². The molecule has 6 nitrogen and oxygen atoms in total. The van der Waals surface area contributed by atoms with Gasteiger partial charge < -0.3 is 10.1 Å². The maximum absolute atomic E-state index is 12.4. The summed E-state index contributed by atoms with van der Waals surface area (Å²) in [5.74, 6) is -0.669. The Morgan fingerprint density at radius 3 is 2.39 bits per heavy atom. The van der Waals surface area contributed by atoms with Crippen molar-refractivity contribution >= 4 is 29.7 Å². The Morgan fingerprint density at radius 2 is 1.75 bits per heavy atom. The number of hydrogen-bond donors (Lipinski definition) is 2. The fourth-order valence-corrected chi connectivity index (χ4v) is 3.32. The number of imide groups is 1. The molecular formula is C21H24N2O4S. The molecule has 0 spiro atoms. The van der Waals surface area contributed by atoms with Crippen molar-refractivity contribution in [2.45, 2.75) is 31.3 Å². The first kappa shape index (κ1) is 21.5. The Hall–Kier alpha value is -2.80. The van der Waals surface area contributed by atoms with Crippen molar-refractivity contribution in [1.29, 1.82) is 0 Å². The number of nitrogens with one attached hydrogen (secondary N) is 2. The Kier molecular flexibility index (Phi) is 8.07. The Labute approximate surface area is 169 Å². The highest BCUT2D eigenvalue weighted by atomic mass is 32.2. The zero-order valence-electron chi connectivity index (χ0n) is 16.2. The van der Waals surface area contributed by atoms with Gasteiger partial charge in [0, 0.05) is 23.3 Å². The predicted molar refractivity (Wildman–Crippen MR) is 109 cm³/mol. The van der Waals surface area contributed by atoms with E-state index in [1.54, 1.807) is 42.1 Å². The summed E-state index contributed by atoms with van der Waals surface area (Å²) in [5, 5.41) is 4.46. The van der Waals surface area contributed by atoms with Crippen LogP contribution in [0.4, 0.5) is 4.79 Å². The van der Waals surface area contributed by atoms with Crippen LogP contribution >= 0.6 is 11.8 Å². The van der Waals surface area contributed by atoms with Gasteiger partial charge in [-0.25, -0.2) is 4.79 Å². The number of thioether (sulfide) groups is 1. The van der Waals surface area contributed by atoms with Gasteiger partial charge in [0.1, 0.15) is 0 Å². The number of esters is 1. The van der Waals surface area contributed by atoms with Gasteiger partial charge in [0.15, 0.2) is 0 Å². The van der Waals surface area contributed by atoms with Gasteiger partial charge in [0.25, 0.3) is 5.91 Å². The van der Waals surface area contributed by atoms with Crippen LogP contribution in [0.3, 0.4) is 0 Å². The van der Waals surface area contributed by atoms with E-state index in [1.807, 2.05) is 19.1 Å². The van der Waals surface area contributed by atoms with Crippen LogP contribution in [0, 0.1) is 13.8 Å². The van der Waals surface area contributed by atoms with Crippen molar-refractivity contribution in [3.63, 3.8) is 0 Å². The molecule has 7 heteroatoms. The van der Waals surface area contributed by atoms with Crippen LogP contribution in [-0.2, 0) is 14.3 Å². The van der Waals surface area contributed by atoms with Crippen molar-refractivity contribution in [2.24, 2.45) is 0 Å². The lowest BCUT2D eigenvalue weighted by molar-refractivity contribution is -0.155. The number of carbonyl (C=O) groups is 3. The predicted octanol–water partition coefficient (Wildman–Crippen LogP) is 3.53. The van der Waals surface area contributed by atoms with Gasteiger partial charge in [-0.1, -0.05) is 36.4 Å². The maximum Gasteiger partial charge on any atom is 0.321 e. The van der Waals surface area contributed by atoms with E-state index in [-0.39, 0.29) is 6.42 Å². The van der Waals surface area contributed by atoms with E-state index in [2.05, 4.69) is 23.6 Å². The molecular weight excluding hydrogens is 376 g/mol. The molecule has 28 heavy (non-hydrogen) atoms. The molecule has 0 radical (unpaired) electrons. The van der Waals surface area contributed by atoms with E-state index < -0.39 is 24.0 Å². The second-order valence-corrected chi connectivity index (χ2v) is 7.36. The highest BCUT2D eigenvalue weighted by molar-refractivity contribution is 7.99. The summed E-state index contributed by atoms with van der Waals surface area (Å²) in [6.07, 6.45) is -1.04. The average Bonchev–Trinajstić information content (AvgIpc) is 2.69. The molecule has 2 N–H and O–H groups in total. The Bertz CT molecular complexity index is 840. The third kappa shape index (κ3) is 6.42. The minimum atomic E-state index is -1.18. The Morgan fingerprint density at radius 1 is 1.04 bits per heavy atom. The number of hydrogen-bond acceptors (Lipinski definition) is 5. The lowest BCUT2D eigenvalue weighted by Gasteiger charge is -2.17. The summed E-state index contributed by atoms with van der Waals surface area (Å²) in [6.45, 7) is 4.10. The molecule has 2 aromatic carbocycles. The van der Waals surface area contributed by atoms with Gasteiger partial charge >= 0.3 is 12.0 Å². The summed E-state index contributed by atoms with van der Waals surface area (Å²) in [7, 11) is 1.40. The summed E-state index contributed by atoms with van der Waals surface area (Å²) in [5.41, 5.74) is 2.92. The van der Waals surface area contributed by atoms with E-state index in [4.69, 9.17) is 4.74 Å². The number of benzene rings is 2. The number of amides is 3. The van der Waals surface area contributed by atoms with Gasteiger partial charge in [-0.15, -0.1) is 11.8 Å². The average molecular weight is 401 g/mol. The molecule has 0 saturated carbocycles. The van der Waals surface area contributed by atoms with Crippen molar-refractivity contribution < 1.29 is 19.1 Å². The first-order valence-electron chi connectivity index (χ1n) is 8.87. The number of carbonyl (C=O) groups excluding carboxylic acids is 3. The summed E-state index contributed by atoms with van der Waals surface area (Å²) >= 11 is 1.55. The molecule has 2 rings (SSSR count). The van der Waals surface area contributed by atoms with E-state index in [0.29, 0.717) is 11.3 Å². The van der Waals surface area contributed by atoms with E-state index >= 15 is 0 Å². The maximum atomic E-state index is 12.4. The number of rotatable bonds is 7. The summed E-state index contributed by atoms with van der Waals surface area (Å²) < 4.78 is 5.38. The lowest BCUT2D eigenvalue weighted by atomic mass is 10.1. The molecule has 1 atom stereocenters. The largest absolute Gasteiger partial charge is 0.447 e. The minimum Gasteiger partial charge on any atom is -0.447 e. The molecule has 3 amide bonds. The molecule has 0 aromatic heterocycles. The molecule has 0 unspecified atom stereocenters. The second-order valence-electron chi connectivity index (χ2n) is 6.19. The summed E-state index contributed by atoms with van der Waals surface area (Å²) in [6, 6.07) is 14.1. The molecule has 0 heterocycles. The highest BCUT2D eigenvalue weighted by Gasteiger charge is 2.26. The first-order valence-corrected chi connectivity index (χ1v) is 9.86. The van der Waals surface area contributed by atoms with Crippen LogP contribution < -0.4 is 10.6 Å². The normalized spacial score (nSPS) is 11.4. The smallest absolute Gasteiger partial charge is 0.321 e. The number of urea groups is 1. The van der Waals surface area contributed by atoms with Gasteiger partial charge in [-0.05, 0) is 37.1 Å². The van der Waals surface area contributed by atoms with Crippen LogP contribution in [0.1, 0.15) is 29.2 Å². The monoisotopic (exact) mass is 400 g/mol. The fourth-order valence-electron chi connectivity index (χ4n) is 2.39. The van der Waals surface area contributed by atoms with Crippen LogP contribution in [0.25, 0.3) is 0 Å². The fraction of sp³-hybridized carbons (Fsp3) is 0.286. The highest BCUT2D eigenvalue weighted by Crippen LogP contribution is 2.23. The number of ether oxygens (including phenoxy) is 1. The van der Waals surface area contributed by atoms with Crippen molar-refractivity contribution in [3.05, 3.63) is 65.2 Å². The standard InChI is InChI=1S/C21H24N2O4S/c1-14-9-10-17(13-15(14)2)28-12-11-18(24)27-19(16-7-5-4-6-8-16)20(25)23-21(26)22-3/h4-10,13,19H,11-12H2,1-3H3,(H2,22,23,25,26)/t19-/m0/s1. The molecule has 0 aliphatic carbocycles. The van der Waals surface area contributed by atoms with E-state index in [1.165, 1.54) is 18.2 Å². The van der Waals surface area contributed by atoms with Crippen LogP contribution in [0.5, 0.6) is 0 Å². The molecule has 2 aromatic rings. The third-order valence-corrected chi connectivity index (χ3v) is 5.10. The topological polar surface area (TPSA) is 84.5 Å². The molecule has 148 valence electrons. The minimum absolute atomic E-state index is 0.147. The van der Waals surface area contributed by atoms with Crippen molar-refractivity contribution in [1.82, 2.24) is 10.6 Å². The zero-order chi connectivity index (χ0) is 20.5. The molecule has 0 aliphatic heterocycles. The molecule has 0 fully saturated rings. The lowest BCUT2D eigenvalue weighted by Crippen LogP contribution is -2.41. The van der Waals surface area contributed by atoms with Crippen molar-refractivity contribution in [2.75, 3.05) is 12.8 Å². The first-order chi connectivity index (χ1) is 13.4. The summed E-state index contributed by atoms with van der Waals surface area (Å²) in [4.78, 5) is 37.2. The van der Waals surface area contributed by atoms with E-state index in [0.717, 1.165) is 4.90 Å².